The number of aliphatic imine (C=N–C) groups is 1. The molecule has 180 valence electrons. The van der Waals surface area contributed by atoms with E-state index in [1.807, 2.05) is 12.3 Å². The largest absolute Gasteiger partial charge is 0.299 e. The summed E-state index contributed by atoms with van der Waals surface area (Å²) in [4.78, 5) is 17.4. The summed E-state index contributed by atoms with van der Waals surface area (Å²) < 4.78 is 13.9. The lowest BCUT2D eigenvalue weighted by Gasteiger charge is -2.30. The van der Waals surface area contributed by atoms with Gasteiger partial charge in [-0.05, 0) is 72.3 Å². The Hall–Kier alpha value is -3.07. The summed E-state index contributed by atoms with van der Waals surface area (Å²) in [5, 5.41) is 0. The third kappa shape index (κ3) is 5.35. The molecule has 3 aliphatic rings. The van der Waals surface area contributed by atoms with Crippen molar-refractivity contribution in [3.05, 3.63) is 107 Å². The average molecular weight is 460 g/mol. The number of halogens is 1. The first kappa shape index (κ1) is 22.7. The average Bonchev–Trinajstić information content (AvgIpc) is 3.23. The molecule has 0 bridgehead atoms. The molecule has 34 heavy (non-hydrogen) atoms. The fourth-order valence-corrected chi connectivity index (χ4v) is 5.76. The highest BCUT2D eigenvalue weighted by atomic mass is 19.1. The number of benzene rings is 2. The lowest BCUT2D eigenvalue weighted by Crippen LogP contribution is -2.18. The summed E-state index contributed by atoms with van der Waals surface area (Å²) in [6.45, 7) is 0. The van der Waals surface area contributed by atoms with Crippen LogP contribution in [-0.4, -0.2) is 11.5 Å². The maximum Gasteiger partial charge on any atom is 0.141 e. The zero-order chi connectivity index (χ0) is 23.3. The van der Waals surface area contributed by atoms with Crippen molar-refractivity contribution in [2.24, 2.45) is 10.9 Å². The molecule has 2 aliphatic carbocycles. The van der Waals surface area contributed by atoms with E-state index < -0.39 is 0 Å². The maximum absolute atomic E-state index is 13.9. The maximum atomic E-state index is 13.9. The molecular weight excluding hydrogens is 421 g/mol. The highest BCUT2D eigenvalue weighted by molar-refractivity contribution is 6.04. The van der Waals surface area contributed by atoms with E-state index in [2.05, 4.69) is 36.4 Å². The summed E-state index contributed by atoms with van der Waals surface area (Å²) in [5.41, 5.74) is 6.99. The number of rotatable bonds is 7. The van der Waals surface area contributed by atoms with E-state index in [1.165, 1.54) is 54.2 Å². The van der Waals surface area contributed by atoms with E-state index in [0.29, 0.717) is 23.8 Å². The number of nitrogens with zero attached hydrogens (tertiary/aromatic N) is 1. The van der Waals surface area contributed by atoms with Crippen LogP contribution in [0.15, 0.2) is 89.1 Å². The minimum Gasteiger partial charge on any atom is -0.299 e. The number of hydrogen-bond donors (Lipinski definition) is 0. The molecular formula is C31H38FNO. The van der Waals surface area contributed by atoms with Crippen molar-refractivity contribution in [1.29, 1.82) is 0 Å². The number of allylic oxidation sites excluding steroid dienone is 5. The zero-order valence-electron chi connectivity index (χ0n) is 19.7. The first-order valence-electron chi connectivity index (χ1n) is 12.6. The summed E-state index contributed by atoms with van der Waals surface area (Å²) in [7, 11) is 0. The van der Waals surface area contributed by atoms with Crippen LogP contribution in [0, 0.1) is 11.7 Å². The first-order valence-corrected chi connectivity index (χ1v) is 12.6. The smallest absolute Gasteiger partial charge is 0.141 e. The Bertz CT molecular complexity index is 1200. The molecule has 1 heterocycles. The second-order valence-electron chi connectivity index (χ2n) is 9.95. The van der Waals surface area contributed by atoms with E-state index >= 15 is 0 Å². The van der Waals surface area contributed by atoms with Crippen LogP contribution in [0.25, 0.3) is 0 Å². The summed E-state index contributed by atoms with van der Waals surface area (Å²) in [5.74, 6) is 0.910. The van der Waals surface area contributed by atoms with Crippen molar-refractivity contribution in [2.75, 3.05) is 0 Å². The molecule has 1 fully saturated rings. The second kappa shape index (κ2) is 10.5. The molecule has 1 saturated carbocycles. The fourth-order valence-electron chi connectivity index (χ4n) is 5.76. The number of carbonyl (C=O) groups is 1. The van der Waals surface area contributed by atoms with Gasteiger partial charge in [0.1, 0.15) is 11.6 Å². The molecule has 2 atom stereocenters. The van der Waals surface area contributed by atoms with Gasteiger partial charge >= 0.3 is 0 Å². The van der Waals surface area contributed by atoms with Crippen molar-refractivity contribution >= 4 is 11.5 Å². The van der Waals surface area contributed by atoms with Crippen molar-refractivity contribution in [3.63, 3.8) is 0 Å². The summed E-state index contributed by atoms with van der Waals surface area (Å²) in [6, 6.07) is 15.1. The van der Waals surface area contributed by atoms with E-state index in [9.17, 15) is 9.18 Å². The zero-order valence-corrected chi connectivity index (χ0v) is 19.7. The van der Waals surface area contributed by atoms with Crippen LogP contribution in [0.4, 0.5) is 4.39 Å². The lowest BCUT2D eigenvalue weighted by atomic mass is 9.75. The van der Waals surface area contributed by atoms with Gasteiger partial charge in [0.05, 0.1) is 0 Å². The Morgan fingerprint density at radius 1 is 1.03 bits per heavy atom. The molecule has 2 aromatic carbocycles. The van der Waals surface area contributed by atoms with Crippen LogP contribution < -0.4 is 0 Å². The number of ketones is 1. The van der Waals surface area contributed by atoms with Gasteiger partial charge in [-0.3, -0.25) is 9.79 Å². The highest BCUT2D eigenvalue weighted by Crippen LogP contribution is 2.39. The van der Waals surface area contributed by atoms with Crippen molar-refractivity contribution < 1.29 is 13.5 Å². The van der Waals surface area contributed by atoms with E-state index in [0.717, 1.165) is 24.8 Å². The fraction of sp³-hybridized carbons (Fsp3) is 0.355. The predicted molar refractivity (Wildman–Crippen MR) is 143 cm³/mol. The molecule has 2 nitrogen and oxygen atoms in total. The Morgan fingerprint density at radius 2 is 1.91 bits per heavy atom. The molecule has 0 radical (unpaired) electrons. The third-order valence-electron chi connectivity index (χ3n) is 7.47. The summed E-state index contributed by atoms with van der Waals surface area (Å²) in [6.07, 6.45) is 17.2. The van der Waals surface area contributed by atoms with Crippen molar-refractivity contribution in [3.8, 4) is 0 Å². The number of Topliss-reactive ketones (excluding diaryl/α,β-unsaturated/α-hetero) is 1. The quantitative estimate of drug-likeness (QED) is 0.410. The molecule has 0 saturated heterocycles. The Morgan fingerprint density at radius 3 is 2.82 bits per heavy atom. The molecule has 2 aromatic rings. The first-order chi connectivity index (χ1) is 16.7. The van der Waals surface area contributed by atoms with E-state index in [-0.39, 0.29) is 22.3 Å². The topological polar surface area (TPSA) is 29.4 Å². The predicted octanol–water partition coefficient (Wildman–Crippen LogP) is 8.20. The Kier molecular flexibility index (Phi) is 6.99. The van der Waals surface area contributed by atoms with Gasteiger partial charge in [0, 0.05) is 29.0 Å². The van der Waals surface area contributed by atoms with Crippen LogP contribution in [0.3, 0.4) is 0 Å². The molecule has 0 aromatic heterocycles. The van der Waals surface area contributed by atoms with Gasteiger partial charge in [0.2, 0.25) is 0 Å². The summed E-state index contributed by atoms with van der Waals surface area (Å²) >= 11 is 0. The van der Waals surface area contributed by atoms with Gasteiger partial charge in [-0.2, -0.15) is 0 Å². The Balaban J connectivity index is 0.00000160. The monoisotopic (exact) mass is 459 g/mol. The number of carbonyl (C=O) groups excluding carboxylic acids is 1. The molecule has 0 amide bonds. The van der Waals surface area contributed by atoms with Gasteiger partial charge in [-0.25, -0.2) is 4.39 Å². The Labute approximate surface area is 206 Å². The molecule has 0 spiro atoms. The van der Waals surface area contributed by atoms with Gasteiger partial charge in [-0.15, -0.1) is 0 Å². The van der Waals surface area contributed by atoms with E-state index in [4.69, 9.17) is 4.99 Å². The second-order valence-corrected chi connectivity index (χ2v) is 9.95. The van der Waals surface area contributed by atoms with E-state index in [1.54, 1.807) is 18.2 Å². The van der Waals surface area contributed by atoms with Crippen LogP contribution in [0.2, 0.25) is 0 Å². The van der Waals surface area contributed by atoms with Crippen LogP contribution in [0.1, 0.15) is 71.8 Å². The minimum absolute atomic E-state index is 0. The minimum atomic E-state index is -0.303. The van der Waals surface area contributed by atoms with Gasteiger partial charge in [-0.1, -0.05) is 79.1 Å². The molecule has 2 unspecified atom stereocenters. The molecule has 1 aliphatic heterocycles. The van der Waals surface area contributed by atoms with Gasteiger partial charge in [0.15, 0.2) is 0 Å². The normalized spacial score (nSPS) is 21.9. The number of hydrogen-bond acceptors (Lipinski definition) is 2. The van der Waals surface area contributed by atoms with Crippen molar-refractivity contribution in [2.45, 2.75) is 63.7 Å². The van der Waals surface area contributed by atoms with Crippen LogP contribution >= 0.6 is 0 Å². The molecule has 0 N–H and O–H groups in total. The third-order valence-corrected chi connectivity index (χ3v) is 7.47. The molecule has 3 heteroatoms. The van der Waals surface area contributed by atoms with Gasteiger partial charge in [0.25, 0.3) is 0 Å². The SMILES string of the molecule is O=C(Cc1cccc(C2CCCC(CC3=NC=CCC4=C3C=CC4)C2)c1)Cc1ccccc1F.[HH].[HH].[HH]. The van der Waals surface area contributed by atoms with Crippen molar-refractivity contribution in [1.82, 2.24) is 0 Å². The molecule has 5 rings (SSSR count). The standard InChI is InChI=1S/C31H32FNO.3H2/c32-30-15-2-1-9-27(30)21-28(34)19-22-7-3-11-25(17-22)26-12-4-8-23(18-26)20-31-29-14-5-10-24(29)13-6-16-33-31;;;/h1-3,5-7,9,11,14-17,23,26H,4,8,10,12-13,18-21H2;3*1H. The van der Waals surface area contributed by atoms with Gasteiger partial charge < -0.3 is 0 Å². The lowest BCUT2D eigenvalue weighted by molar-refractivity contribution is -0.117. The van der Waals surface area contributed by atoms with Crippen LogP contribution in [-0.2, 0) is 17.6 Å². The van der Waals surface area contributed by atoms with Crippen LogP contribution in [0.5, 0.6) is 0 Å². The highest BCUT2D eigenvalue weighted by Gasteiger charge is 2.26.